The standard InChI is InChI=1S/C18H23N5O3S/c24-15(20-16(25)19-14-8-4-5-9-14)12-27-18-22-21-17(26)23(18)11-10-13-6-2-1-3-7-13/h1-3,6-7,14H,4-5,8-12H2,(H,21,26)(H2,19,20,24,25). The van der Waals surface area contributed by atoms with Crippen LogP contribution in [0.4, 0.5) is 4.79 Å². The lowest BCUT2D eigenvalue weighted by atomic mass is 10.1. The number of amides is 3. The van der Waals surface area contributed by atoms with Gasteiger partial charge in [-0.2, -0.15) is 0 Å². The molecule has 0 radical (unpaired) electrons. The van der Waals surface area contributed by atoms with Gasteiger partial charge in [-0.05, 0) is 24.8 Å². The molecule has 1 aliphatic carbocycles. The number of nitrogens with zero attached hydrogens (tertiary/aromatic N) is 2. The maximum absolute atomic E-state index is 12.0. The molecule has 1 aromatic heterocycles. The molecule has 1 saturated carbocycles. The fraction of sp³-hybridized carbons (Fsp3) is 0.444. The van der Waals surface area contributed by atoms with Crippen molar-refractivity contribution >= 4 is 23.7 Å². The molecule has 3 amide bonds. The number of urea groups is 1. The van der Waals surface area contributed by atoms with E-state index in [9.17, 15) is 14.4 Å². The van der Waals surface area contributed by atoms with Crippen molar-refractivity contribution in [2.24, 2.45) is 0 Å². The van der Waals surface area contributed by atoms with Crippen LogP contribution in [0, 0.1) is 0 Å². The Bertz CT molecular complexity index is 827. The van der Waals surface area contributed by atoms with E-state index in [4.69, 9.17) is 0 Å². The van der Waals surface area contributed by atoms with Gasteiger partial charge in [0.05, 0.1) is 5.75 Å². The Kier molecular flexibility index (Phi) is 6.69. The lowest BCUT2D eigenvalue weighted by Gasteiger charge is -2.12. The highest BCUT2D eigenvalue weighted by Gasteiger charge is 2.18. The van der Waals surface area contributed by atoms with Crippen molar-refractivity contribution in [1.82, 2.24) is 25.4 Å². The van der Waals surface area contributed by atoms with Gasteiger partial charge in [-0.25, -0.2) is 14.7 Å². The first kappa shape index (κ1) is 19.2. The lowest BCUT2D eigenvalue weighted by molar-refractivity contribution is -0.117. The SMILES string of the molecule is O=C(CSc1n[nH]c(=O)n1CCc1ccccc1)NC(=O)NC1CCCC1. The lowest BCUT2D eigenvalue weighted by Crippen LogP contribution is -2.44. The van der Waals surface area contributed by atoms with Crippen LogP contribution in [-0.4, -0.2) is 38.5 Å². The van der Waals surface area contributed by atoms with E-state index in [0.717, 1.165) is 43.0 Å². The number of hydrogen-bond acceptors (Lipinski definition) is 5. The van der Waals surface area contributed by atoms with Gasteiger partial charge in [-0.1, -0.05) is 54.9 Å². The number of benzene rings is 1. The molecule has 1 aromatic carbocycles. The minimum Gasteiger partial charge on any atom is -0.335 e. The Hall–Kier alpha value is -2.55. The van der Waals surface area contributed by atoms with Crippen LogP contribution in [0.15, 0.2) is 40.3 Å². The van der Waals surface area contributed by atoms with E-state index in [1.807, 2.05) is 30.3 Å². The molecule has 0 bridgehead atoms. The minimum atomic E-state index is -0.462. The maximum Gasteiger partial charge on any atom is 0.343 e. The molecule has 144 valence electrons. The van der Waals surface area contributed by atoms with Crippen molar-refractivity contribution in [3.63, 3.8) is 0 Å². The van der Waals surface area contributed by atoms with Gasteiger partial charge in [0.2, 0.25) is 5.91 Å². The topological polar surface area (TPSA) is 109 Å². The number of nitrogens with one attached hydrogen (secondary N) is 3. The Morgan fingerprint density at radius 2 is 1.96 bits per heavy atom. The summed E-state index contributed by atoms with van der Waals surface area (Å²) in [7, 11) is 0. The first-order valence-electron chi connectivity index (χ1n) is 9.04. The van der Waals surface area contributed by atoms with Crippen LogP contribution in [-0.2, 0) is 17.8 Å². The summed E-state index contributed by atoms with van der Waals surface area (Å²) < 4.78 is 1.50. The summed E-state index contributed by atoms with van der Waals surface area (Å²) in [5, 5.41) is 11.9. The predicted octanol–water partition coefficient (Wildman–Crippen LogP) is 1.67. The molecule has 1 fully saturated rings. The first-order valence-corrected chi connectivity index (χ1v) is 10.0. The van der Waals surface area contributed by atoms with E-state index in [2.05, 4.69) is 20.8 Å². The molecule has 27 heavy (non-hydrogen) atoms. The van der Waals surface area contributed by atoms with Crippen LogP contribution >= 0.6 is 11.8 Å². The number of carbonyl (C=O) groups is 2. The number of H-pyrrole nitrogens is 1. The molecule has 0 aliphatic heterocycles. The molecule has 0 atom stereocenters. The average Bonchev–Trinajstić information content (AvgIpc) is 3.29. The molecule has 0 saturated heterocycles. The van der Waals surface area contributed by atoms with Crippen molar-refractivity contribution in [2.75, 3.05) is 5.75 Å². The van der Waals surface area contributed by atoms with Crippen molar-refractivity contribution < 1.29 is 9.59 Å². The van der Waals surface area contributed by atoms with Gasteiger partial charge in [0, 0.05) is 12.6 Å². The largest absolute Gasteiger partial charge is 0.343 e. The van der Waals surface area contributed by atoms with Gasteiger partial charge < -0.3 is 5.32 Å². The second-order valence-corrected chi connectivity index (χ2v) is 7.43. The smallest absolute Gasteiger partial charge is 0.335 e. The normalized spacial score (nSPS) is 14.2. The molecule has 3 N–H and O–H groups in total. The zero-order valence-electron chi connectivity index (χ0n) is 14.9. The van der Waals surface area contributed by atoms with Gasteiger partial charge in [-0.15, -0.1) is 5.10 Å². The highest BCUT2D eigenvalue weighted by Crippen LogP contribution is 2.17. The van der Waals surface area contributed by atoms with Crippen molar-refractivity contribution in [1.29, 1.82) is 0 Å². The summed E-state index contributed by atoms with van der Waals surface area (Å²) in [6.07, 6.45) is 4.81. The van der Waals surface area contributed by atoms with E-state index >= 15 is 0 Å². The Balaban J connectivity index is 1.48. The third kappa shape index (κ3) is 5.72. The Morgan fingerprint density at radius 3 is 2.70 bits per heavy atom. The summed E-state index contributed by atoms with van der Waals surface area (Å²) in [5.74, 6) is -0.408. The highest BCUT2D eigenvalue weighted by molar-refractivity contribution is 7.99. The highest BCUT2D eigenvalue weighted by atomic mass is 32.2. The molecule has 8 nitrogen and oxygen atoms in total. The van der Waals surface area contributed by atoms with Crippen molar-refractivity contribution in [3.05, 3.63) is 46.4 Å². The Morgan fingerprint density at radius 1 is 1.22 bits per heavy atom. The fourth-order valence-electron chi connectivity index (χ4n) is 3.08. The van der Waals surface area contributed by atoms with Gasteiger partial charge >= 0.3 is 11.7 Å². The number of rotatable bonds is 7. The molecule has 3 rings (SSSR count). The van der Waals surface area contributed by atoms with E-state index < -0.39 is 11.9 Å². The third-order valence-electron chi connectivity index (χ3n) is 4.47. The zero-order valence-corrected chi connectivity index (χ0v) is 15.8. The third-order valence-corrected chi connectivity index (χ3v) is 5.44. The predicted molar refractivity (Wildman–Crippen MR) is 103 cm³/mol. The Labute approximate surface area is 161 Å². The average molecular weight is 389 g/mol. The van der Waals surface area contributed by atoms with Gasteiger partial charge in [0.15, 0.2) is 5.16 Å². The van der Waals surface area contributed by atoms with Gasteiger partial charge in [0.25, 0.3) is 0 Å². The van der Waals surface area contributed by atoms with Crippen molar-refractivity contribution in [2.45, 2.75) is 49.8 Å². The molecular formula is C18H23N5O3S. The summed E-state index contributed by atoms with van der Waals surface area (Å²) in [6, 6.07) is 9.52. The number of aromatic amines is 1. The van der Waals surface area contributed by atoms with Crippen LogP contribution in [0.1, 0.15) is 31.2 Å². The molecule has 0 spiro atoms. The van der Waals surface area contributed by atoms with E-state index in [-0.39, 0.29) is 17.5 Å². The first-order chi connectivity index (χ1) is 13.1. The van der Waals surface area contributed by atoms with E-state index in [1.54, 1.807) is 0 Å². The fourth-order valence-corrected chi connectivity index (χ4v) is 3.85. The minimum absolute atomic E-state index is 0.00766. The number of carbonyl (C=O) groups excluding carboxylic acids is 2. The summed E-state index contributed by atoms with van der Waals surface area (Å²) in [4.78, 5) is 35.7. The number of aromatic nitrogens is 3. The van der Waals surface area contributed by atoms with Crippen LogP contribution in [0.3, 0.4) is 0 Å². The van der Waals surface area contributed by atoms with Crippen LogP contribution in [0.2, 0.25) is 0 Å². The van der Waals surface area contributed by atoms with Gasteiger partial charge in [-0.3, -0.25) is 14.7 Å². The van der Waals surface area contributed by atoms with E-state index in [1.165, 1.54) is 4.57 Å². The molecule has 0 unspecified atom stereocenters. The number of thioether (sulfide) groups is 1. The van der Waals surface area contributed by atoms with Gasteiger partial charge in [0.1, 0.15) is 0 Å². The summed E-state index contributed by atoms with van der Waals surface area (Å²) in [5.41, 5.74) is 0.802. The van der Waals surface area contributed by atoms with Crippen LogP contribution in [0.5, 0.6) is 0 Å². The molecule has 1 aliphatic rings. The van der Waals surface area contributed by atoms with Crippen LogP contribution < -0.4 is 16.3 Å². The second kappa shape index (κ2) is 9.40. The molecular weight excluding hydrogens is 366 g/mol. The number of aryl methyl sites for hydroxylation is 1. The van der Waals surface area contributed by atoms with Crippen LogP contribution in [0.25, 0.3) is 0 Å². The quantitative estimate of drug-likeness (QED) is 0.624. The second-order valence-electron chi connectivity index (χ2n) is 6.49. The summed E-state index contributed by atoms with van der Waals surface area (Å²) in [6.45, 7) is 0.464. The monoisotopic (exact) mass is 389 g/mol. The summed E-state index contributed by atoms with van der Waals surface area (Å²) >= 11 is 1.12. The number of hydrogen-bond donors (Lipinski definition) is 3. The zero-order chi connectivity index (χ0) is 19.1. The van der Waals surface area contributed by atoms with Crippen molar-refractivity contribution in [3.8, 4) is 0 Å². The van der Waals surface area contributed by atoms with E-state index in [0.29, 0.717) is 18.1 Å². The molecule has 9 heteroatoms. The maximum atomic E-state index is 12.0. The number of imide groups is 1. The molecule has 1 heterocycles. The molecule has 2 aromatic rings.